The van der Waals surface area contributed by atoms with Crippen LogP contribution >= 0.6 is 0 Å². The number of aromatic nitrogens is 2. The van der Waals surface area contributed by atoms with Gasteiger partial charge in [0.15, 0.2) is 0 Å². The summed E-state index contributed by atoms with van der Waals surface area (Å²) in [7, 11) is 8.19. The molecule has 28 heavy (non-hydrogen) atoms. The molecule has 1 atom stereocenters. The molecule has 1 unspecified atom stereocenters. The van der Waals surface area contributed by atoms with Crippen LogP contribution in [0.1, 0.15) is 68.7 Å². The van der Waals surface area contributed by atoms with Gasteiger partial charge >= 0.3 is 0 Å². The summed E-state index contributed by atoms with van der Waals surface area (Å²) < 4.78 is 7.76. The lowest BCUT2D eigenvalue weighted by Crippen LogP contribution is -2.36. The Balaban J connectivity index is 1.44. The van der Waals surface area contributed by atoms with Crippen molar-refractivity contribution in [2.75, 3.05) is 34.3 Å². The summed E-state index contributed by atoms with van der Waals surface area (Å²) in [6.07, 6.45) is 8.77. The summed E-state index contributed by atoms with van der Waals surface area (Å²) in [6.45, 7) is 2.62. The minimum absolute atomic E-state index is 0.139. The Bertz CT molecular complexity index is 628. The van der Waals surface area contributed by atoms with E-state index in [1.165, 1.54) is 43.5 Å². The summed E-state index contributed by atoms with van der Waals surface area (Å²) in [5.41, 5.74) is 2.52. The van der Waals surface area contributed by atoms with E-state index in [4.69, 9.17) is 9.84 Å². The van der Waals surface area contributed by atoms with Crippen molar-refractivity contribution in [1.29, 1.82) is 0 Å². The first-order valence-electron chi connectivity index (χ1n) is 11.0. The third-order valence-corrected chi connectivity index (χ3v) is 6.37. The number of hydrogen-bond donors (Lipinski definition) is 0. The van der Waals surface area contributed by atoms with E-state index >= 15 is 0 Å². The molecule has 158 valence electrons. The van der Waals surface area contributed by atoms with Crippen LogP contribution in [0.4, 0.5) is 0 Å². The Morgan fingerprint density at radius 1 is 1.18 bits per heavy atom. The van der Waals surface area contributed by atoms with Crippen molar-refractivity contribution in [3.63, 3.8) is 0 Å². The smallest absolute Gasteiger partial charge is 0.224 e. The zero-order chi connectivity index (χ0) is 20.1. The van der Waals surface area contributed by atoms with Gasteiger partial charge < -0.3 is 14.5 Å². The maximum Gasteiger partial charge on any atom is 0.224 e. The second-order valence-electron chi connectivity index (χ2n) is 9.11. The molecule has 0 aromatic carbocycles. The maximum atomic E-state index is 12.5. The normalized spacial score (nSPS) is 25.8. The third kappa shape index (κ3) is 5.80. The fourth-order valence-electron chi connectivity index (χ4n) is 4.65. The first-order chi connectivity index (χ1) is 13.4. The zero-order valence-corrected chi connectivity index (χ0v) is 18.2. The monoisotopic (exact) mass is 390 g/mol. The van der Waals surface area contributed by atoms with E-state index in [2.05, 4.69) is 25.1 Å². The third-order valence-electron chi connectivity index (χ3n) is 6.37. The number of amides is 1. The largest absolute Gasteiger partial charge is 0.378 e. The first kappa shape index (κ1) is 21.3. The highest BCUT2D eigenvalue weighted by Crippen LogP contribution is 2.35. The van der Waals surface area contributed by atoms with E-state index in [1.807, 2.05) is 23.7 Å². The fraction of sp³-hybridized carbons (Fsp3) is 0.818. The summed E-state index contributed by atoms with van der Waals surface area (Å²) in [5.74, 6) is 1.42. The summed E-state index contributed by atoms with van der Waals surface area (Å²) >= 11 is 0. The van der Waals surface area contributed by atoms with Crippen LogP contribution < -0.4 is 0 Å². The molecule has 2 aliphatic rings. The molecule has 1 aliphatic carbocycles. The minimum Gasteiger partial charge on any atom is -0.378 e. The lowest BCUT2D eigenvalue weighted by Gasteiger charge is -2.31. The van der Waals surface area contributed by atoms with E-state index in [1.54, 1.807) is 0 Å². The Morgan fingerprint density at radius 2 is 1.93 bits per heavy atom. The van der Waals surface area contributed by atoms with Gasteiger partial charge in [-0.3, -0.25) is 9.48 Å². The molecule has 0 radical (unpaired) electrons. The highest BCUT2D eigenvalue weighted by molar-refractivity contribution is 5.76. The molecule has 3 rings (SSSR count). The van der Waals surface area contributed by atoms with Crippen molar-refractivity contribution >= 4 is 5.91 Å². The van der Waals surface area contributed by atoms with Crippen LogP contribution in [0.3, 0.4) is 0 Å². The summed E-state index contributed by atoms with van der Waals surface area (Å²) in [5, 5.41) is 4.78. The number of ether oxygens (including phenoxy) is 1. The fourth-order valence-corrected chi connectivity index (χ4v) is 4.65. The van der Waals surface area contributed by atoms with E-state index in [9.17, 15) is 4.79 Å². The molecule has 2 heterocycles. The molecule has 6 nitrogen and oxygen atoms in total. The van der Waals surface area contributed by atoms with Crippen LogP contribution in [0, 0.1) is 5.92 Å². The summed E-state index contributed by atoms with van der Waals surface area (Å²) in [4.78, 5) is 16.7. The minimum atomic E-state index is 0.139. The molecule has 1 aromatic rings. The predicted molar refractivity (Wildman–Crippen MR) is 111 cm³/mol. The lowest BCUT2D eigenvalue weighted by atomic mass is 9.80. The SMILES string of the molecule is CN(C)Cc1cc(C2CCC(CN(C)C(=O)CC3CCCCO3)CC2)nn1C. The molecule has 2 fully saturated rings. The Hall–Kier alpha value is -1.40. The molecule has 0 N–H and O–H groups in total. The molecule has 1 saturated heterocycles. The molecule has 1 amide bonds. The van der Waals surface area contributed by atoms with Crippen LogP contribution in [0.25, 0.3) is 0 Å². The predicted octanol–water partition coefficient (Wildman–Crippen LogP) is 3.17. The highest BCUT2D eigenvalue weighted by Gasteiger charge is 2.27. The van der Waals surface area contributed by atoms with E-state index in [0.717, 1.165) is 32.5 Å². The van der Waals surface area contributed by atoms with Crippen LogP contribution in [-0.4, -0.2) is 65.9 Å². The van der Waals surface area contributed by atoms with Gasteiger partial charge in [-0.2, -0.15) is 5.10 Å². The van der Waals surface area contributed by atoms with E-state index in [-0.39, 0.29) is 12.0 Å². The summed E-state index contributed by atoms with van der Waals surface area (Å²) in [6, 6.07) is 2.28. The molecule has 1 aliphatic heterocycles. The first-order valence-corrected chi connectivity index (χ1v) is 11.0. The molecule has 0 bridgehead atoms. The van der Waals surface area contributed by atoms with Crippen molar-refractivity contribution in [2.24, 2.45) is 13.0 Å². The van der Waals surface area contributed by atoms with E-state index < -0.39 is 0 Å². The molecule has 1 aromatic heterocycles. The van der Waals surface area contributed by atoms with Gasteiger partial charge in [-0.05, 0) is 71.0 Å². The van der Waals surface area contributed by atoms with Gasteiger partial charge in [-0.25, -0.2) is 0 Å². The van der Waals surface area contributed by atoms with Crippen molar-refractivity contribution in [1.82, 2.24) is 19.6 Å². The van der Waals surface area contributed by atoms with Gasteiger partial charge in [-0.15, -0.1) is 0 Å². The topological polar surface area (TPSA) is 50.6 Å². The second-order valence-corrected chi connectivity index (χ2v) is 9.11. The number of carbonyl (C=O) groups is 1. The Labute approximate surface area is 170 Å². The Morgan fingerprint density at radius 3 is 2.57 bits per heavy atom. The van der Waals surface area contributed by atoms with Gasteiger partial charge in [0, 0.05) is 39.7 Å². The maximum absolute atomic E-state index is 12.5. The average molecular weight is 391 g/mol. The average Bonchev–Trinajstić information content (AvgIpc) is 3.03. The van der Waals surface area contributed by atoms with Crippen molar-refractivity contribution in [2.45, 2.75) is 69.9 Å². The lowest BCUT2D eigenvalue weighted by molar-refractivity contribution is -0.134. The van der Waals surface area contributed by atoms with Crippen LogP contribution in [-0.2, 0) is 23.1 Å². The van der Waals surface area contributed by atoms with Crippen molar-refractivity contribution in [3.8, 4) is 0 Å². The van der Waals surface area contributed by atoms with Crippen LogP contribution in [0.15, 0.2) is 6.07 Å². The standard InChI is InChI=1S/C22H38N4O2/c1-24(2)16-19-13-21(23-26(19)4)18-10-8-17(9-11-18)15-25(3)22(27)14-20-7-5-6-12-28-20/h13,17-18,20H,5-12,14-16H2,1-4H3. The van der Waals surface area contributed by atoms with E-state index in [0.29, 0.717) is 18.3 Å². The molecule has 0 spiro atoms. The number of nitrogens with zero attached hydrogens (tertiary/aromatic N) is 4. The van der Waals surface area contributed by atoms with Gasteiger partial charge in [0.25, 0.3) is 0 Å². The van der Waals surface area contributed by atoms with Gasteiger partial charge in [-0.1, -0.05) is 0 Å². The Kier molecular flexibility index (Phi) is 7.52. The number of carbonyl (C=O) groups excluding carboxylic acids is 1. The second kappa shape index (κ2) is 9.88. The molecule has 6 heteroatoms. The van der Waals surface area contributed by atoms with Gasteiger partial charge in [0.05, 0.1) is 23.9 Å². The quantitative estimate of drug-likeness (QED) is 0.718. The van der Waals surface area contributed by atoms with Crippen molar-refractivity contribution < 1.29 is 9.53 Å². The van der Waals surface area contributed by atoms with Gasteiger partial charge in [0.2, 0.25) is 5.91 Å². The number of aryl methyl sites for hydroxylation is 1. The van der Waals surface area contributed by atoms with Crippen LogP contribution in [0.2, 0.25) is 0 Å². The van der Waals surface area contributed by atoms with Gasteiger partial charge in [0.1, 0.15) is 0 Å². The number of hydrogen-bond acceptors (Lipinski definition) is 4. The molecular formula is C22H38N4O2. The van der Waals surface area contributed by atoms with Crippen LogP contribution in [0.5, 0.6) is 0 Å². The number of rotatable bonds is 7. The highest BCUT2D eigenvalue weighted by atomic mass is 16.5. The van der Waals surface area contributed by atoms with Crippen molar-refractivity contribution in [3.05, 3.63) is 17.5 Å². The zero-order valence-electron chi connectivity index (χ0n) is 18.2. The molecule has 1 saturated carbocycles. The molecular weight excluding hydrogens is 352 g/mol.